The smallest absolute Gasteiger partial charge is 0.258 e. The minimum atomic E-state index is -0.386. The number of hydrogen-bond donors (Lipinski definition) is 3. The number of amides is 1. The van der Waals surface area contributed by atoms with Crippen LogP contribution in [0.15, 0.2) is 59.5 Å². The van der Waals surface area contributed by atoms with Gasteiger partial charge in [-0.2, -0.15) is 0 Å². The van der Waals surface area contributed by atoms with Gasteiger partial charge < -0.3 is 15.6 Å². The molecule has 0 aliphatic carbocycles. The van der Waals surface area contributed by atoms with Crippen LogP contribution in [0.5, 0.6) is 0 Å². The van der Waals surface area contributed by atoms with Gasteiger partial charge in [-0.25, -0.2) is 9.07 Å². The summed E-state index contributed by atoms with van der Waals surface area (Å²) < 4.78 is 15.1. The van der Waals surface area contributed by atoms with E-state index in [4.69, 9.17) is 0 Å². The van der Waals surface area contributed by atoms with Crippen LogP contribution in [0.25, 0.3) is 27.8 Å². The molecule has 1 aliphatic heterocycles. The average Bonchev–Trinajstić information content (AvgIpc) is 3.34. The Kier molecular flexibility index (Phi) is 5.93. The number of hydrogen-bond acceptors (Lipinski definition) is 5. The SMILES string of the molecule is CC(NC(=O)c1ccc(-n2cc(-c3cc4cc(F)ccc4[nH]c3=O)nn2)cc1)C1CCNCC1. The second kappa shape index (κ2) is 9.18. The normalized spacial score (nSPS) is 15.4. The van der Waals surface area contributed by atoms with Crippen molar-refractivity contribution >= 4 is 16.8 Å². The molecule has 9 heteroatoms. The number of fused-ring (bicyclic) bond motifs is 1. The minimum absolute atomic E-state index is 0.105. The molecule has 0 radical (unpaired) electrons. The largest absolute Gasteiger partial charge is 0.349 e. The number of H-pyrrole nitrogens is 1. The molecule has 1 unspecified atom stereocenters. The van der Waals surface area contributed by atoms with Crippen molar-refractivity contribution in [1.29, 1.82) is 0 Å². The monoisotopic (exact) mass is 460 g/mol. The van der Waals surface area contributed by atoms with E-state index in [2.05, 4.69) is 32.9 Å². The number of halogens is 1. The summed E-state index contributed by atoms with van der Waals surface area (Å²) in [4.78, 5) is 27.9. The highest BCUT2D eigenvalue weighted by Crippen LogP contribution is 2.20. The van der Waals surface area contributed by atoms with E-state index in [9.17, 15) is 14.0 Å². The summed E-state index contributed by atoms with van der Waals surface area (Å²) in [6.45, 7) is 4.03. The zero-order chi connectivity index (χ0) is 23.7. The van der Waals surface area contributed by atoms with Gasteiger partial charge in [0.15, 0.2) is 0 Å². The van der Waals surface area contributed by atoms with Gasteiger partial charge in [0.2, 0.25) is 0 Å². The van der Waals surface area contributed by atoms with Crippen LogP contribution in [0, 0.1) is 11.7 Å². The number of nitrogens with zero attached hydrogens (tertiary/aromatic N) is 3. The van der Waals surface area contributed by atoms with E-state index in [0.717, 1.165) is 25.9 Å². The van der Waals surface area contributed by atoms with Crippen LogP contribution in [-0.4, -0.2) is 45.0 Å². The number of nitrogens with one attached hydrogen (secondary N) is 3. The molecule has 3 N–H and O–H groups in total. The molecule has 34 heavy (non-hydrogen) atoms. The van der Waals surface area contributed by atoms with Gasteiger partial charge in [0, 0.05) is 22.5 Å². The van der Waals surface area contributed by atoms with Crippen molar-refractivity contribution in [2.75, 3.05) is 13.1 Å². The van der Waals surface area contributed by atoms with E-state index in [1.807, 2.05) is 0 Å². The van der Waals surface area contributed by atoms with Gasteiger partial charge in [-0.1, -0.05) is 5.21 Å². The Morgan fingerprint density at radius 2 is 1.91 bits per heavy atom. The maximum absolute atomic E-state index is 13.6. The van der Waals surface area contributed by atoms with Crippen LogP contribution in [0.1, 0.15) is 30.1 Å². The Hall–Kier alpha value is -3.85. The molecule has 1 fully saturated rings. The Bertz CT molecular complexity index is 1390. The summed E-state index contributed by atoms with van der Waals surface area (Å²) in [5.74, 6) is -0.0111. The van der Waals surface area contributed by atoms with E-state index in [1.54, 1.807) is 36.5 Å². The summed E-state index contributed by atoms with van der Waals surface area (Å²) in [5, 5.41) is 15.3. The number of pyridine rings is 1. The van der Waals surface area contributed by atoms with Crippen LogP contribution in [-0.2, 0) is 0 Å². The number of piperidine rings is 1. The van der Waals surface area contributed by atoms with E-state index in [-0.39, 0.29) is 23.3 Å². The molecule has 2 aromatic carbocycles. The average molecular weight is 461 g/mol. The molecule has 4 aromatic rings. The fourth-order valence-corrected chi connectivity index (χ4v) is 4.40. The molecule has 0 spiro atoms. The quantitative estimate of drug-likeness (QED) is 0.425. The lowest BCUT2D eigenvalue weighted by molar-refractivity contribution is 0.0920. The maximum Gasteiger partial charge on any atom is 0.258 e. The summed E-state index contributed by atoms with van der Waals surface area (Å²) >= 11 is 0. The number of rotatable bonds is 5. The molecule has 2 aromatic heterocycles. The highest BCUT2D eigenvalue weighted by molar-refractivity contribution is 5.94. The molecule has 1 aliphatic rings. The molecular weight excluding hydrogens is 435 g/mol. The molecule has 0 saturated carbocycles. The third kappa shape index (κ3) is 4.47. The summed E-state index contributed by atoms with van der Waals surface area (Å²) in [7, 11) is 0. The van der Waals surface area contributed by atoms with Gasteiger partial charge in [-0.05, 0) is 87.3 Å². The standard InChI is InChI=1S/C25H25FN6O2/c1-15(16-8-10-27-11-9-16)28-24(33)17-2-5-20(6-3-17)32-14-23(30-31-32)21-13-18-12-19(26)4-7-22(18)29-25(21)34/h2-7,12-16,27H,8-11H2,1H3,(H,28,33)(H,29,34). The number of aromatic amines is 1. The second-order valence-corrected chi connectivity index (χ2v) is 8.69. The molecular formula is C25H25FN6O2. The minimum Gasteiger partial charge on any atom is -0.349 e. The molecule has 0 bridgehead atoms. The van der Waals surface area contributed by atoms with Crippen molar-refractivity contribution in [2.24, 2.45) is 5.92 Å². The lowest BCUT2D eigenvalue weighted by Gasteiger charge is -2.28. The third-order valence-corrected chi connectivity index (χ3v) is 6.42. The molecule has 1 saturated heterocycles. The summed E-state index contributed by atoms with van der Waals surface area (Å²) in [6, 6.07) is 12.9. The topological polar surface area (TPSA) is 105 Å². The predicted octanol–water partition coefficient (Wildman–Crippen LogP) is 3.03. The van der Waals surface area contributed by atoms with Crippen LogP contribution < -0.4 is 16.2 Å². The third-order valence-electron chi connectivity index (χ3n) is 6.42. The van der Waals surface area contributed by atoms with Crippen LogP contribution >= 0.6 is 0 Å². The second-order valence-electron chi connectivity index (χ2n) is 8.69. The van der Waals surface area contributed by atoms with Gasteiger partial charge in [-0.3, -0.25) is 9.59 Å². The summed E-state index contributed by atoms with van der Waals surface area (Å²) in [5.41, 5.74) is 2.15. The maximum atomic E-state index is 13.6. The molecule has 1 atom stereocenters. The summed E-state index contributed by atoms with van der Waals surface area (Å²) in [6.07, 6.45) is 3.75. The lowest BCUT2D eigenvalue weighted by Crippen LogP contribution is -2.42. The van der Waals surface area contributed by atoms with Crippen LogP contribution in [0.2, 0.25) is 0 Å². The van der Waals surface area contributed by atoms with Crippen molar-refractivity contribution in [3.8, 4) is 16.9 Å². The first kappa shape index (κ1) is 22.0. The Balaban J connectivity index is 1.33. The number of benzene rings is 2. The van der Waals surface area contributed by atoms with Gasteiger partial charge in [-0.15, -0.1) is 5.10 Å². The Morgan fingerprint density at radius 1 is 1.15 bits per heavy atom. The Morgan fingerprint density at radius 3 is 2.68 bits per heavy atom. The van der Waals surface area contributed by atoms with Crippen LogP contribution in [0.4, 0.5) is 4.39 Å². The van der Waals surface area contributed by atoms with Crippen molar-refractivity contribution in [2.45, 2.75) is 25.8 Å². The molecule has 1 amide bonds. The zero-order valence-electron chi connectivity index (χ0n) is 18.7. The predicted molar refractivity (Wildman–Crippen MR) is 127 cm³/mol. The first-order valence-electron chi connectivity index (χ1n) is 11.4. The van der Waals surface area contributed by atoms with Gasteiger partial charge >= 0.3 is 0 Å². The first-order valence-corrected chi connectivity index (χ1v) is 11.4. The highest BCUT2D eigenvalue weighted by Gasteiger charge is 2.21. The zero-order valence-corrected chi connectivity index (χ0v) is 18.7. The van der Waals surface area contributed by atoms with Crippen molar-refractivity contribution in [3.05, 3.63) is 76.5 Å². The Labute approximate surface area is 195 Å². The number of aromatic nitrogens is 4. The highest BCUT2D eigenvalue weighted by atomic mass is 19.1. The van der Waals surface area contributed by atoms with E-state index >= 15 is 0 Å². The molecule has 3 heterocycles. The van der Waals surface area contributed by atoms with Crippen molar-refractivity contribution in [3.63, 3.8) is 0 Å². The van der Waals surface area contributed by atoms with Gasteiger partial charge in [0.05, 0.1) is 17.4 Å². The van der Waals surface area contributed by atoms with Crippen molar-refractivity contribution in [1.82, 2.24) is 30.6 Å². The molecule has 174 valence electrons. The van der Waals surface area contributed by atoms with Crippen LogP contribution in [0.3, 0.4) is 0 Å². The van der Waals surface area contributed by atoms with E-state index < -0.39 is 0 Å². The van der Waals surface area contributed by atoms with Gasteiger partial charge in [0.25, 0.3) is 11.5 Å². The van der Waals surface area contributed by atoms with E-state index in [1.165, 1.54) is 22.9 Å². The first-order chi connectivity index (χ1) is 16.5. The van der Waals surface area contributed by atoms with Gasteiger partial charge in [0.1, 0.15) is 11.5 Å². The lowest BCUT2D eigenvalue weighted by atomic mass is 9.91. The number of carbonyl (C=O) groups excluding carboxylic acids is 1. The number of carbonyl (C=O) groups is 1. The molecule has 8 nitrogen and oxygen atoms in total. The van der Waals surface area contributed by atoms with Crippen molar-refractivity contribution < 1.29 is 9.18 Å². The fraction of sp³-hybridized carbons (Fsp3) is 0.280. The van der Waals surface area contributed by atoms with E-state index in [0.29, 0.717) is 39.3 Å². The molecule has 5 rings (SSSR count). The fourth-order valence-electron chi connectivity index (χ4n) is 4.40.